The summed E-state index contributed by atoms with van der Waals surface area (Å²) < 4.78 is 45.9. The lowest BCUT2D eigenvalue weighted by atomic mass is 9.88. The number of urea groups is 6. The Kier molecular flexibility index (Phi) is 13.1. The van der Waals surface area contributed by atoms with E-state index in [0.717, 1.165) is 39.2 Å². The first kappa shape index (κ1) is 53.5. The monoisotopic (exact) mass is 1120 g/mol. The van der Waals surface area contributed by atoms with Crippen LogP contribution in [0.5, 0.6) is 11.5 Å². The SMILES string of the molecule is CCOC(=O)[C@@]12N3CN4C(=O)N5Cc6c(OC)ccc(NC(=O)N7CCOCC7)c6CN6C(=O)N(CN1C(=O)N1Cc7c(OC)ccc(NC(=O)N8CCOCC8)c7CN(C3=O)[C@@]12C(=O)OCC)[C@@]4(C(=O)OCC)[C@@]65C(=O)OCC. The van der Waals surface area contributed by atoms with Gasteiger partial charge in [0.1, 0.15) is 24.8 Å². The Morgan fingerprint density at radius 1 is 0.438 bits per heavy atom. The highest BCUT2D eigenvalue weighted by Crippen LogP contribution is 2.62. The van der Waals surface area contributed by atoms with Crippen LogP contribution in [-0.4, -0.2) is 238 Å². The smallest absolute Gasteiger partial charge is 0.359 e. The fourth-order valence-corrected chi connectivity index (χ4v) is 13.0. The number of nitrogens with zero attached hydrogens (tertiary/aromatic N) is 10. The van der Waals surface area contributed by atoms with E-state index in [1.807, 2.05) is 0 Å². The van der Waals surface area contributed by atoms with Crippen molar-refractivity contribution < 1.29 is 85.8 Å². The molecule has 0 radical (unpaired) electrons. The van der Waals surface area contributed by atoms with Gasteiger partial charge in [-0.1, -0.05) is 0 Å². The van der Waals surface area contributed by atoms with Crippen LogP contribution in [0.1, 0.15) is 49.9 Å². The van der Waals surface area contributed by atoms with Gasteiger partial charge in [0.05, 0.1) is 93.3 Å². The lowest BCUT2D eigenvalue weighted by molar-refractivity contribution is -0.209. The van der Waals surface area contributed by atoms with Crippen molar-refractivity contribution >= 4 is 71.4 Å². The summed E-state index contributed by atoms with van der Waals surface area (Å²) in [5.74, 6) is -5.16. The zero-order valence-corrected chi connectivity index (χ0v) is 44.9. The first-order chi connectivity index (χ1) is 38.6. The van der Waals surface area contributed by atoms with Crippen LogP contribution < -0.4 is 20.1 Å². The zero-order valence-electron chi connectivity index (χ0n) is 44.9. The number of nitrogens with one attached hydrogen (secondary N) is 2. The number of fused-ring (bicyclic) bond motifs is 2. The number of amides is 12. The maximum absolute atomic E-state index is 16.3. The zero-order chi connectivity index (χ0) is 56.8. The third kappa shape index (κ3) is 6.76. The second-order valence-corrected chi connectivity index (χ2v) is 19.6. The van der Waals surface area contributed by atoms with Crippen LogP contribution in [0.25, 0.3) is 0 Å². The molecular formula is C50H60N12O18. The van der Waals surface area contributed by atoms with Gasteiger partial charge in [0.15, 0.2) is 0 Å². The van der Waals surface area contributed by atoms with E-state index in [2.05, 4.69) is 10.6 Å². The van der Waals surface area contributed by atoms with Gasteiger partial charge >= 0.3 is 60.1 Å². The first-order valence-electron chi connectivity index (χ1n) is 26.3. The molecule has 9 aliphatic heterocycles. The first-order valence-corrected chi connectivity index (χ1v) is 26.3. The average Bonchev–Trinajstić information content (AvgIpc) is 3.90. The molecule has 7 saturated heterocycles. The standard InChI is InChI=1S/C50H60N12O18/c1-7-77-37(63)47-49(39(65)79-9-3)59-27-62-46(72)58-26-32-30(34(12-14-36(32)74-6)52-42(68)54-17-21-76-22-18-54)24-56-44(70)60(50(62,40(66)80-10-4)48(56,58)38(64)78-8-2)28-61(49)45(71)57(47)25-31-29(23-55(47)43(59)69)33(11-13-35(31)73-5)51-41(67)53-15-19-75-20-16-53/h11-14H,7-10,15-28H2,1-6H3,(H,51,67)(H,52,68)/t47-,48-,49+,50+/m0/s1. The normalized spacial score (nSPS) is 26.1. The van der Waals surface area contributed by atoms with Crippen LogP contribution in [-0.2, 0) is 73.8 Å². The Bertz CT molecular complexity index is 2830. The highest BCUT2D eigenvalue weighted by Gasteiger charge is 2.93. The molecule has 30 nitrogen and oxygen atoms in total. The molecule has 0 bridgehead atoms. The van der Waals surface area contributed by atoms with Crippen LogP contribution in [0.2, 0.25) is 0 Å². The summed E-state index contributed by atoms with van der Waals surface area (Å²) in [6.07, 6.45) is 0. The van der Waals surface area contributed by atoms with E-state index in [1.165, 1.54) is 76.0 Å². The topological polar surface area (TPSA) is 301 Å². The summed E-state index contributed by atoms with van der Waals surface area (Å²) in [7, 11) is 2.69. The molecule has 2 aromatic carbocycles. The number of hydrogen-bond donors (Lipinski definition) is 2. The molecule has 80 heavy (non-hydrogen) atoms. The number of rotatable bonds is 12. The van der Waals surface area contributed by atoms with E-state index in [1.54, 1.807) is 0 Å². The lowest BCUT2D eigenvalue weighted by Gasteiger charge is -2.51. The summed E-state index contributed by atoms with van der Waals surface area (Å²) in [4.78, 5) is 165. The Labute approximate surface area is 457 Å². The molecule has 2 N–H and O–H groups in total. The predicted molar refractivity (Wildman–Crippen MR) is 267 cm³/mol. The molecule has 4 atom stereocenters. The van der Waals surface area contributed by atoms with Gasteiger partial charge < -0.3 is 58.3 Å². The number of hydrogen-bond acceptors (Lipinski definition) is 18. The molecule has 9 heterocycles. The summed E-state index contributed by atoms with van der Waals surface area (Å²) in [5, 5.41) is 5.80. The Balaban J connectivity index is 1.15. The van der Waals surface area contributed by atoms with Gasteiger partial charge in [-0.15, -0.1) is 0 Å². The van der Waals surface area contributed by atoms with Crippen LogP contribution >= 0.6 is 0 Å². The highest BCUT2D eigenvalue weighted by molar-refractivity contribution is 6.13. The minimum absolute atomic E-state index is 0.130. The van der Waals surface area contributed by atoms with Gasteiger partial charge in [-0.3, -0.25) is 39.2 Å². The van der Waals surface area contributed by atoms with E-state index in [4.69, 9.17) is 37.9 Å². The van der Waals surface area contributed by atoms with Gasteiger partial charge in [0.2, 0.25) is 0 Å². The van der Waals surface area contributed by atoms with E-state index in [-0.39, 0.29) is 111 Å². The minimum atomic E-state index is -3.06. The largest absolute Gasteiger partial charge is 0.496 e. The molecular weight excluding hydrogens is 1060 g/mol. The minimum Gasteiger partial charge on any atom is -0.496 e. The van der Waals surface area contributed by atoms with Gasteiger partial charge in [-0.2, -0.15) is 0 Å². The molecule has 0 aliphatic carbocycles. The number of esters is 4. The van der Waals surface area contributed by atoms with E-state index < -0.39 is 135 Å². The number of morpholine rings is 2. The molecule has 30 heteroatoms. The molecule has 2 aromatic rings. The van der Waals surface area contributed by atoms with E-state index >= 15 is 38.4 Å². The molecule has 428 valence electrons. The summed E-state index contributed by atoms with van der Waals surface area (Å²) in [5.41, 5.74) is -11.0. The van der Waals surface area contributed by atoms with Crippen molar-refractivity contribution in [3.63, 3.8) is 0 Å². The molecule has 0 saturated carbocycles. The van der Waals surface area contributed by atoms with Crippen molar-refractivity contribution in [3.8, 4) is 11.5 Å². The summed E-state index contributed by atoms with van der Waals surface area (Å²) in [6, 6.07) is 0.144. The van der Waals surface area contributed by atoms with Crippen molar-refractivity contribution in [1.29, 1.82) is 0 Å². The van der Waals surface area contributed by atoms with Crippen molar-refractivity contribution in [1.82, 2.24) is 49.0 Å². The molecule has 0 aromatic heterocycles. The van der Waals surface area contributed by atoms with Gasteiger partial charge in [0, 0.05) is 59.8 Å². The predicted octanol–water partition coefficient (Wildman–Crippen LogP) is 1.08. The number of anilines is 2. The van der Waals surface area contributed by atoms with E-state index in [0.29, 0.717) is 0 Å². The second kappa shape index (κ2) is 19.7. The fourth-order valence-electron chi connectivity index (χ4n) is 13.0. The van der Waals surface area contributed by atoms with Crippen molar-refractivity contribution in [2.45, 2.75) is 76.5 Å². The molecule has 0 unspecified atom stereocenters. The Morgan fingerprint density at radius 2 is 0.713 bits per heavy atom. The number of ether oxygens (including phenoxy) is 8. The van der Waals surface area contributed by atoms with Crippen LogP contribution in [0.4, 0.5) is 40.1 Å². The number of carbonyl (C=O) groups excluding carboxylic acids is 10. The van der Waals surface area contributed by atoms with Gasteiger partial charge in [0.25, 0.3) is 22.7 Å². The molecule has 0 spiro atoms. The fraction of sp³-hybridized carbons (Fsp3) is 0.560. The molecule has 11 rings (SSSR count). The Hall–Kier alpha value is -8.54. The molecule has 7 fully saturated rings. The second-order valence-electron chi connectivity index (χ2n) is 19.6. The molecule has 12 amide bonds. The quantitative estimate of drug-likeness (QED) is 0.222. The van der Waals surface area contributed by atoms with Gasteiger partial charge in [-0.25, -0.2) is 47.9 Å². The summed E-state index contributed by atoms with van der Waals surface area (Å²) >= 11 is 0. The van der Waals surface area contributed by atoms with E-state index in [9.17, 15) is 9.59 Å². The van der Waals surface area contributed by atoms with Crippen molar-refractivity contribution in [2.24, 2.45) is 0 Å². The third-order valence-corrected chi connectivity index (χ3v) is 16.3. The maximum atomic E-state index is 16.3. The van der Waals surface area contributed by atoms with Gasteiger partial charge in [-0.05, 0) is 52.0 Å². The number of carbonyl (C=O) groups is 10. The Morgan fingerprint density at radius 3 is 0.988 bits per heavy atom. The number of benzene rings is 2. The van der Waals surface area contributed by atoms with Crippen molar-refractivity contribution in [3.05, 3.63) is 46.5 Å². The highest BCUT2D eigenvalue weighted by atomic mass is 16.6. The third-order valence-electron chi connectivity index (χ3n) is 16.3. The van der Waals surface area contributed by atoms with Crippen molar-refractivity contribution in [2.75, 3.05) is 117 Å². The maximum Gasteiger partial charge on any atom is 0.359 e. The van der Waals surface area contributed by atoms with Crippen LogP contribution in [0.3, 0.4) is 0 Å². The lowest BCUT2D eigenvalue weighted by Crippen LogP contribution is -2.81. The molecule has 9 aliphatic rings. The van der Waals surface area contributed by atoms with Crippen LogP contribution in [0.15, 0.2) is 24.3 Å². The number of methoxy groups -OCH3 is 2. The van der Waals surface area contributed by atoms with Crippen LogP contribution in [0, 0.1) is 0 Å². The summed E-state index contributed by atoms with van der Waals surface area (Å²) in [6.45, 7) is 1.22. The average molecular weight is 1120 g/mol.